The molecule has 0 atom stereocenters. The van der Waals surface area contributed by atoms with Crippen molar-refractivity contribution in [3.8, 4) is 0 Å². The average Bonchev–Trinajstić information content (AvgIpc) is 3.27. The van der Waals surface area contributed by atoms with Gasteiger partial charge in [0.15, 0.2) is 0 Å². The molecule has 0 N–H and O–H groups in total. The zero-order valence-corrected chi connectivity index (χ0v) is 17.1. The molecule has 2 amide bonds. The summed E-state index contributed by atoms with van der Waals surface area (Å²) in [6, 6.07) is 0. The number of hydrogen-bond donors (Lipinski definition) is 0. The molecule has 4 heterocycles. The molecule has 2 aromatic heterocycles. The van der Waals surface area contributed by atoms with Crippen LogP contribution < -0.4 is 0 Å². The lowest BCUT2D eigenvalue weighted by atomic mass is 9.89. The van der Waals surface area contributed by atoms with E-state index in [9.17, 15) is 9.59 Å². The van der Waals surface area contributed by atoms with Crippen LogP contribution in [-0.4, -0.2) is 63.4 Å². The second kappa shape index (κ2) is 7.29. The summed E-state index contributed by atoms with van der Waals surface area (Å²) in [7, 11) is 0. The van der Waals surface area contributed by atoms with E-state index in [-0.39, 0.29) is 24.0 Å². The van der Waals surface area contributed by atoms with Crippen LogP contribution in [0.2, 0.25) is 0 Å². The predicted molar refractivity (Wildman–Crippen MR) is 103 cm³/mol. The molecule has 2 aliphatic heterocycles. The van der Waals surface area contributed by atoms with Crippen LogP contribution >= 0.6 is 22.7 Å². The molecule has 2 saturated heterocycles. The number of carbonyl (C=O) groups is 2. The number of thiazole rings is 2. The monoisotopic (exact) mass is 406 g/mol. The summed E-state index contributed by atoms with van der Waals surface area (Å²) < 4.78 is 5.97. The summed E-state index contributed by atoms with van der Waals surface area (Å²) in [6.45, 7) is 6.28. The number of nitrogens with zero attached hydrogens (tertiary/aromatic N) is 4. The van der Waals surface area contributed by atoms with Gasteiger partial charge in [0.2, 0.25) is 5.91 Å². The molecular formula is C18H22N4O3S2. The number of aromatic nitrogens is 2. The smallest absolute Gasteiger partial charge is 0.273 e. The first-order valence-electron chi connectivity index (χ1n) is 8.98. The highest BCUT2D eigenvalue weighted by atomic mass is 32.1. The van der Waals surface area contributed by atoms with Crippen LogP contribution in [0.3, 0.4) is 0 Å². The van der Waals surface area contributed by atoms with E-state index >= 15 is 0 Å². The van der Waals surface area contributed by atoms with Gasteiger partial charge in [-0.05, 0) is 26.7 Å². The van der Waals surface area contributed by atoms with Gasteiger partial charge in [-0.25, -0.2) is 9.97 Å². The minimum absolute atomic E-state index is 0.00253. The summed E-state index contributed by atoms with van der Waals surface area (Å²) in [5.74, 6) is -0.0152. The second-order valence-corrected chi connectivity index (χ2v) is 9.25. The molecule has 0 bridgehead atoms. The van der Waals surface area contributed by atoms with Gasteiger partial charge in [-0.3, -0.25) is 9.59 Å². The van der Waals surface area contributed by atoms with Crippen LogP contribution in [0.1, 0.15) is 39.0 Å². The Morgan fingerprint density at radius 1 is 1.19 bits per heavy atom. The van der Waals surface area contributed by atoms with Crippen molar-refractivity contribution in [2.75, 3.05) is 26.2 Å². The molecule has 9 heteroatoms. The lowest BCUT2D eigenvalue weighted by Gasteiger charge is -2.46. The van der Waals surface area contributed by atoms with E-state index < -0.39 is 0 Å². The summed E-state index contributed by atoms with van der Waals surface area (Å²) in [4.78, 5) is 37.4. The molecule has 27 heavy (non-hydrogen) atoms. The van der Waals surface area contributed by atoms with Gasteiger partial charge >= 0.3 is 0 Å². The summed E-state index contributed by atoms with van der Waals surface area (Å²) in [6.07, 6.45) is 1.45. The van der Waals surface area contributed by atoms with E-state index in [0.717, 1.165) is 28.6 Å². The zero-order valence-electron chi connectivity index (χ0n) is 15.4. The Labute approximate surface area is 166 Å². The van der Waals surface area contributed by atoms with Crippen molar-refractivity contribution >= 4 is 34.5 Å². The maximum absolute atomic E-state index is 12.6. The topological polar surface area (TPSA) is 75.6 Å². The van der Waals surface area contributed by atoms with Crippen molar-refractivity contribution in [2.24, 2.45) is 0 Å². The Balaban J connectivity index is 1.39. The number of amides is 2. The van der Waals surface area contributed by atoms with Gasteiger partial charge in [0.1, 0.15) is 12.3 Å². The number of aryl methyl sites for hydroxylation is 2. The highest BCUT2D eigenvalue weighted by molar-refractivity contribution is 7.09. The predicted octanol–water partition coefficient (Wildman–Crippen LogP) is 2.25. The Morgan fingerprint density at radius 3 is 2.52 bits per heavy atom. The molecule has 4 rings (SSSR count). The summed E-state index contributed by atoms with van der Waals surface area (Å²) in [5, 5.41) is 5.72. The largest absolute Gasteiger partial charge is 0.363 e. The van der Waals surface area contributed by atoms with Crippen molar-refractivity contribution < 1.29 is 14.3 Å². The minimum Gasteiger partial charge on any atom is -0.363 e. The van der Waals surface area contributed by atoms with Crippen molar-refractivity contribution in [3.05, 3.63) is 32.2 Å². The number of carbonyl (C=O) groups excluding carboxylic acids is 2. The first kappa shape index (κ1) is 18.5. The van der Waals surface area contributed by atoms with E-state index in [4.69, 9.17) is 4.74 Å². The molecular weight excluding hydrogens is 384 g/mol. The van der Waals surface area contributed by atoms with Crippen LogP contribution in [-0.2, 0) is 16.1 Å². The van der Waals surface area contributed by atoms with Gasteiger partial charge in [-0.15, -0.1) is 22.7 Å². The molecule has 1 spiro atoms. The Hall–Kier alpha value is -1.84. The van der Waals surface area contributed by atoms with E-state index in [0.29, 0.717) is 31.9 Å². The lowest BCUT2D eigenvalue weighted by molar-refractivity contribution is -0.171. The van der Waals surface area contributed by atoms with Crippen LogP contribution in [0.25, 0.3) is 0 Å². The fourth-order valence-electron chi connectivity index (χ4n) is 3.65. The van der Waals surface area contributed by atoms with Gasteiger partial charge in [0.25, 0.3) is 5.91 Å². The first-order valence-corrected chi connectivity index (χ1v) is 10.7. The normalized spacial score (nSPS) is 19.7. The fraction of sp³-hybridized carbons (Fsp3) is 0.556. The molecule has 2 fully saturated rings. The molecule has 0 aliphatic carbocycles. The number of rotatable bonds is 3. The minimum atomic E-state index is -0.367. The van der Waals surface area contributed by atoms with Crippen molar-refractivity contribution in [3.63, 3.8) is 0 Å². The Morgan fingerprint density at radius 2 is 1.89 bits per heavy atom. The van der Waals surface area contributed by atoms with Gasteiger partial charge in [-0.1, -0.05) is 0 Å². The third kappa shape index (κ3) is 3.90. The molecule has 2 aliphatic rings. The van der Waals surface area contributed by atoms with Crippen LogP contribution in [0.4, 0.5) is 0 Å². The highest BCUT2D eigenvalue weighted by Gasteiger charge is 2.43. The van der Waals surface area contributed by atoms with Gasteiger partial charge < -0.3 is 14.5 Å². The van der Waals surface area contributed by atoms with Crippen LogP contribution in [0.5, 0.6) is 0 Å². The van der Waals surface area contributed by atoms with Crippen molar-refractivity contribution in [2.45, 2.75) is 38.8 Å². The molecule has 0 unspecified atom stereocenters. The molecule has 0 aromatic carbocycles. The number of ether oxygens (including phenoxy) is 1. The molecule has 144 valence electrons. The second-order valence-electron chi connectivity index (χ2n) is 7.12. The summed E-state index contributed by atoms with van der Waals surface area (Å²) >= 11 is 3.08. The van der Waals surface area contributed by atoms with E-state index in [1.807, 2.05) is 34.4 Å². The maximum Gasteiger partial charge on any atom is 0.273 e. The fourth-order valence-corrected chi connectivity index (χ4v) is 4.84. The van der Waals surface area contributed by atoms with E-state index in [2.05, 4.69) is 9.97 Å². The molecule has 7 nitrogen and oxygen atoms in total. The Bertz CT molecular complexity index is 854. The van der Waals surface area contributed by atoms with Crippen molar-refractivity contribution in [1.29, 1.82) is 0 Å². The van der Waals surface area contributed by atoms with Gasteiger partial charge in [0, 0.05) is 23.8 Å². The summed E-state index contributed by atoms with van der Waals surface area (Å²) in [5.41, 5.74) is 1.08. The standard InChI is InChI=1S/C18H22N4O3S2/c1-12-19-14(9-26-12)7-22-11-18(25-8-16(22)23)3-5-21(6-4-18)17(24)15-10-27-13(2)20-15/h9-10H,3-8,11H2,1-2H3. The number of piperidine rings is 1. The highest BCUT2D eigenvalue weighted by Crippen LogP contribution is 2.32. The molecule has 0 radical (unpaired) electrons. The molecule has 2 aromatic rings. The number of morpholine rings is 1. The van der Waals surface area contributed by atoms with Crippen LogP contribution in [0, 0.1) is 13.8 Å². The number of likely N-dealkylation sites (tertiary alicyclic amines) is 1. The third-order valence-corrected chi connectivity index (χ3v) is 6.75. The zero-order chi connectivity index (χ0) is 19.0. The van der Waals surface area contributed by atoms with Gasteiger partial charge in [0.05, 0.1) is 34.4 Å². The average molecular weight is 407 g/mol. The van der Waals surface area contributed by atoms with Crippen LogP contribution in [0.15, 0.2) is 10.8 Å². The van der Waals surface area contributed by atoms with Gasteiger partial charge in [-0.2, -0.15) is 0 Å². The van der Waals surface area contributed by atoms with Crippen molar-refractivity contribution in [1.82, 2.24) is 19.8 Å². The van der Waals surface area contributed by atoms with E-state index in [1.165, 1.54) is 11.3 Å². The quantitative estimate of drug-likeness (QED) is 0.782. The first-order chi connectivity index (χ1) is 12.9. The Kier molecular flexibility index (Phi) is 5.00. The van der Waals surface area contributed by atoms with E-state index in [1.54, 1.807) is 11.3 Å². The number of hydrogen-bond acceptors (Lipinski definition) is 7. The SMILES string of the molecule is Cc1nc(CN2CC3(CCN(C(=O)c4csc(C)n4)CC3)OCC2=O)cs1. The lowest BCUT2D eigenvalue weighted by Crippen LogP contribution is -2.59. The molecule has 0 saturated carbocycles. The third-order valence-electron chi connectivity index (χ3n) is 5.15. The maximum atomic E-state index is 12.6.